The Labute approximate surface area is 205 Å². The summed E-state index contributed by atoms with van der Waals surface area (Å²) in [5.41, 5.74) is 1.35. The average molecular weight is 459 g/mol. The predicted octanol–water partition coefficient (Wildman–Crippen LogP) is 9.48. The number of thioether (sulfide) groups is 1. The van der Waals surface area contributed by atoms with Gasteiger partial charge in [0.1, 0.15) is 0 Å². The van der Waals surface area contributed by atoms with Gasteiger partial charge in [-0.05, 0) is 140 Å². The van der Waals surface area contributed by atoms with Gasteiger partial charge < -0.3 is 0 Å². The molecule has 0 aromatic carbocycles. The Kier molecular flexibility index (Phi) is 7.09. The molecule has 1 heterocycles. The fourth-order valence-electron chi connectivity index (χ4n) is 10.7. The van der Waals surface area contributed by atoms with E-state index < -0.39 is 0 Å². The summed E-state index contributed by atoms with van der Waals surface area (Å²) in [6.07, 6.45) is 20.1. The average Bonchev–Trinajstić information content (AvgIpc) is 3.40. The minimum absolute atomic E-state index is 0.667. The molecule has 0 spiro atoms. The van der Waals surface area contributed by atoms with Crippen molar-refractivity contribution < 1.29 is 0 Å². The van der Waals surface area contributed by atoms with E-state index >= 15 is 0 Å². The maximum Gasteiger partial charge on any atom is -0.00362 e. The lowest BCUT2D eigenvalue weighted by Crippen LogP contribution is -2.54. The Morgan fingerprint density at radius 3 is 2.31 bits per heavy atom. The molecule has 0 aromatic heterocycles. The van der Waals surface area contributed by atoms with Crippen molar-refractivity contribution in [2.45, 2.75) is 118 Å². The molecular weight excluding hydrogens is 404 g/mol. The molecule has 184 valence electrons. The van der Waals surface area contributed by atoms with E-state index in [1.54, 1.807) is 57.8 Å². The summed E-state index contributed by atoms with van der Waals surface area (Å²) in [7, 11) is 0. The van der Waals surface area contributed by atoms with Gasteiger partial charge in [-0.25, -0.2) is 0 Å². The van der Waals surface area contributed by atoms with Gasteiger partial charge in [-0.2, -0.15) is 11.8 Å². The minimum Gasteiger partial charge on any atom is -0.162 e. The molecule has 4 aliphatic carbocycles. The topological polar surface area (TPSA) is 0 Å². The maximum absolute atomic E-state index is 2.79. The largest absolute Gasteiger partial charge is 0.162 e. The SMILES string of the molecule is CC(C)CCC[C@@H](C)[C@H]1CC[C@H]2[C@@H]3CC[C@H]4C[C@@H](C5CCSC5)CC[C@]4(C)[C@H]3CC[C@]12C. The van der Waals surface area contributed by atoms with E-state index in [4.69, 9.17) is 0 Å². The third-order valence-electron chi connectivity index (χ3n) is 12.5. The summed E-state index contributed by atoms with van der Waals surface area (Å²) in [6, 6.07) is 0. The summed E-state index contributed by atoms with van der Waals surface area (Å²) < 4.78 is 0. The van der Waals surface area contributed by atoms with Crippen molar-refractivity contribution in [3.8, 4) is 0 Å². The van der Waals surface area contributed by atoms with Crippen LogP contribution in [0.1, 0.15) is 118 Å². The fraction of sp³-hybridized carbons (Fsp3) is 1.00. The minimum atomic E-state index is 0.667. The van der Waals surface area contributed by atoms with Crippen LogP contribution >= 0.6 is 11.8 Å². The number of fused-ring (bicyclic) bond motifs is 5. The highest BCUT2D eigenvalue weighted by Gasteiger charge is 2.60. The molecule has 0 N–H and O–H groups in total. The molecular formula is C31H54S. The zero-order valence-electron chi connectivity index (χ0n) is 22.2. The molecule has 0 aromatic rings. The lowest BCUT2D eigenvalue weighted by Gasteiger charge is -2.62. The molecule has 0 nitrogen and oxygen atoms in total. The lowest BCUT2D eigenvalue weighted by atomic mass is 9.43. The first-order chi connectivity index (χ1) is 15.3. The molecule has 5 fully saturated rings. The van der Waals surface area contributed by atoms with Crippen molar-refractivity contribution in [1.29, 1.82) is 0 Å². The molecule has 10 atom stereocenters. The van der Waals surface area contributed by atoms with E-state index in [1.807, 2.05) is 0 Å². The van der Waals surface area contributed by atoms with Crippen LogP contribution in [0.2, 0.25) is 0 Å². The Morgan fingerprint density at radius 1 is 0.781 bits per heavy atom. The zero-order valence-corrected chi connectivity index (χ0v) is 23.0. The molecule has 0 radical (unpaired) electrons. The lowest BCUT2D eigenvalue weighted by molar-refractivity contribution is -0.124. The van der Waals surface area contributed by atoms with Gasteiger partial charge in [0.2, 0.25) is 0 Å². The van der Waals surface area contributed by atoms with Crippen LogP contribution in [-0.2, 0) is 0 Å². The highest BCUT2D eigenvalue weighted by molar-refractivity contribution is 7.99. The van der Waals surface area contributed by atoms with Gasteiger partial charge in [-0.1, -0.05) is 53.9 Å². The van der Waals surface area contributed by atoms with E-state index in [9.17, 15) is 0 Å². The summed E-state index contributed by atoms with van der Waals surface area (Å²) in [6.45, 7) is 13.0. The second kappa shape index (κ2) is 9.43. The molecule has 32 heavy (non-hydrogen) atoms. The van der Waals surface area contributed by atoms with Crippen LogP contribution in [0.15, 0.2) is 0 Å². The summed E-state index contributed by atoms with van der Waals surface area (Å²) in [5, 5.41) is 0. The third kappa shape index (κ3) is 4.15. The second-order valence-corrected chi connectivity index (χ2v) is 15.5. The highest BCUT2D eigenvalue weighted by Crippen LogP contribution is 2.69. The van der Waals surface area contributed by atoms with E-state index in [-0.39, 0.29) is 0 Å². The van der Waals surface area contributed by atoms with E-state index in [2.05, 4.69) is 46.4 Å². The first-order valence-corrected chi connectivity index (χ1v) is 16.1. The Balaban J connectivity index is 1.25. The quantitative estimate of drug-likeness (QED) is 0.382. The highest BCUT2D eigenvalue weighted by atomic mass is 32.2. The van der Waals surface area contributed by atoms with Crippen molar-refractivity contribution in [3.05, 3.63) is 0 Å². The molecule has 1 heteroatoms. The molecule has 1 unspecified atom stereocenters. The summed E-state index contributed by atoms with van der Waals surface area (Å²) >= 11 is 2.24. The van der Waals surface area contributed by atoms with Crippen molar-refractivity contribution in [2.24, 2.45) is 64.1 Å². The monoisotopic (exact) mass is 458 g/mol. The number of hydrogen-bond acceptors (Lipinski definition) is 1. The van der Waals surface area contributed by atoms with Gasteiger partial charge in [0, 0.05) is 0 Å². The first-order valence-electron chi connectivity index (χ1n) is 14.9. The smallest absolute Gasteiger partial charge is 0.00362 e. The van der Waals surface area contributed by atoms with Gasteiger partial charge in [-0.3, -0.25) is 0 Å². The zero-order chi connectivity index (χ0) is 22.5. The van der Waals surface area contributed by atoms with Gasteiger partial charge in [0.15, 0.2) is 0 Å². The van der Waals surface area contributed by atoms with Gasteiger partial charge >= 0.3 is 0 Å². The van der Waals surface area contributed by atoms with Crippen LogP contribution in [0.3, 0.4) is 0 Å². The molecule has 5 aliphatic rings. The van der Waals surface area contributed by atoms with Crippen LogP contribution in [0, 0.1) is 64.1 Å². The molecule has 1 saturated heterocycles. The van der Waals surface area contributed by atoms with Crippen molar-refractivity contribution >= 4 is 11.8 Å². The third-order valence-corrected chi connectivity index (χ3v) is 13.7. The van der Waals surface area contributed by atoms with E-state index in [0.717, 1.165) is 53.3 Å². The Bertz CT molecular complexity index is 634. The van der Waals surface area contributed by atoms with Crippen LogP contribution in [0.25, 0.3) is 0 Å². The summed E-state index contributed by atoms with van der Waals surface area (Å²) in [5.74, 6) is 12.2. The number of rotatable bonds is 6. The van der Waals surface area contributed by atoms with Gasteiger partial charge in [0.25, 0.3) is 0 Å². The van der Waals surface area contributed by atoms with Gasteiger partial charge in [0.05, 0.1) is 0 Å². The van der Waals surface area contributed by atoms with Crippen molar-refractivity contribution in [1.82, 2.24) is 0 Å². The van der Waals surface area contributed by atoms with Crippen LogP contribution in [-0.4, -0.2) is 11.5 Å². The van der Waals surface area contributed by atoms with Crippen LogP contribution in [0.5, 0.6) is 0 Å². The van der Waals surface area contributed by atoms with Crippen LogP contribution < -0.4 is 0 Å². The molecule has 4 saturated carbocycles. The van der Waals surface area contributed by atoms with Crippen molar-refractivity contribution in [3.63, 3.8) is 0 Å². The molecule has 0 bridgehead atoms. The Morgan fingerprint density at radius 2 is 1.56 bits per heavy atom. The Hall–Kier alpha value is 0.350. The first kappa shape index (κ1) is 24.1. The van der Waals surface area contributed by atoms with E-state index in [0.29, 0.717) is 10.8 Å². The van der Waals surface area contributed by atoms with E-state index in [1.165, 1.54) is 37.2 Å². The molecule has 5 rings (SSSR count). The normalized spacial score (nSPS) is 49.5. The summed E-state index contributed by atoms with van der Waals surface area (Å²) in [4.78, 5) is 0. The van der Waals surface area contributed by atoms with Crippen LogP contribution in [0.4, 0.5) is 0 Å². The standard InChI is InChI=1S/C31H54S/c1-21(2)7-6-8-22(3)27-11-12-28-26-10-9-25-19-23(24-15-18-32-20-24)13-16-30(25,4)29(26)14-17-31(27,28)5/h21-29H,6-20H2,1-5H3/t22-,23+,24?,25+,26+,27-,28+,29+,30+,31-/m1/s1. The second-order valence-electron chi connectivity index (χ2n) is 14.3. The number of hydrogen-bond donors (Lipinski definition) is 0. The fourth-order valence-corrected chi connectivity index (χ4v) is 12.0. The predicted molar refractivity (Wildman–Crippen MR) is 142 cm³/mol. The van der Waals surface area contributed by atoms with Gasteiger partial charge in [-0.15, -0.1) is 0 Å². The van der Waals surface area contributed by atoms with Crippen molar-refractivity contribution in [2.75, 3.05) is 11.5 Å². The molecule has 1 aliphatic heterocycles. The molecule has 0 amide bonds. The maximum atomic E-state index is 2.79.